The van der Waals surface area contributed by atoms with Crippen molar-refractivity contribution in [2.45, 2.75) is 24.6 Å². The quantitative estimate of drug-likeness (QED) is 0.324. The molecule has 1 aromatic carbocycles. The number of aromatic nitrogens is 2. The van der Waals surface area contributed by atoms with Crippen LogP contribution in [0.2, 0.25) is 5.82 Å². The second kappa shape index (κ2) is 5.54. The molecular weight excluding hydrogens is 315 g/mol. The number of carbonyl (C=O) groups excluding carboxylic acids is 2. The third-order valence-electron chi connectivity index (χ3n) is 4.37. The Morgan fingerprint density at radius 1 is 1.36 bits per heavy atom. The van der Waals surface area contributed by atoms with Gasteiger partial charge in [0.2, 0.25) is 11.8 Å². The molecular formula is C14H10B4N4O3. The number of anilines is 1. The zero-order valence-electron chi connectivity index (χ0n) is 13.4. The van der Waals surface area contributed by atoms with Gasteiger partial charge in [0, 0.05) is 12.1 Å². The highest BCUT2D eigenvalue weighted by atomic mass is 16.2. The van der Waals surface area contributed by atoms with Crippen LogP contribution in [0.3, 0.4) is 0 Å². The molecule has 1 aliphatic rings. The van der Waals surface area contributed by atoms with Crippen molar-refractivity contribution in [2.24, 2.45) is 0 Å². The third-order valence-corrected chi connectivity index (χ3v) is 4.37. The molecule has 0 spiro atoms. The Bertz CT molecular complexity index is 1010. The average molecular weight is 326 g/mol. The summed E-state index contributed by atoms with van der Waals surface area (Å²) in [7, 11) is 23.7. The molecule has 0 bridgehead atoms. The molecule has 8 radical (unpaired) electrons. The maximum absolute atomic E-state index is 13.1. The maximum atomic E-state index is 13.1. The number of fused-ring (bicyclic) bond motifs is 1. The van der Waals surface area contributed by atoms with Gasteiger partial charge in [-0.25, -0.2) is 4.98 Å². The third kappa shape index (κ3) is 2.33. The van der Waals surface area contributed by atoms with Crippen LogP contribution in [0.25, 0.3) is 10.9 Å². The molecule has 2 heterocycles. The van der Waals surface area contributed by atoms with Gasteiger partial charge < -0.3 is 5.73 Å². The van der Waals surface area contributed by atoms with Crippen molar-refractivity contribution in [1.82, 2.24) is 14.9 Å². The van der Waals surface area contributed by atoms with Gasteiger partial charge in [-0.1, -0.05) is 10.9 Å². The van der Waals surface area contributed by atoms with E-state index in [1.54, 1.807) is 0 Å². The number of nitrogens with zero attached hydrogens (tertiary/aromatic N) is 2. The Balaban J connectivity index is 2.41. The fraction of sp³-hybridized carbons (Fsp3) is 0.286. The van der Waals surface area contributed by atoms with Crippen molar-refractivity contribution in [3.05, 3.63) is 22.2 Å². The summed E-state index contributed by atoms with van der Waals surface area (Å²) in [5.41, 5.74) is 3.61. The van der Waals surface area contributed by atoms with Gasteiger partial charge in [0.05, 0.1) is 24.2 Å². The standard InChI is InChI=1S/C14H10B4N4O3/c1-4-20-11-9(6(19)2-5(15)10(11)17)12(24)22(4)14(18)7(16)3-8(23)21-13(14)25/h2,7H,3,19H2,1H3,(H,21,23,25). The summed E-state index contributed by atoms with van der Waals surface area (Å²) in [4.78, 5) is 41.2. The second-order valence-corrected chi connectivity index (χ2v) is 6.01. The Kier molecular flexibility index (Phi) is 3.85. The Labute approximate surface area is 148 Å². The van der Waals surface area contributed by atoms with Gasteiger partial charge in [-0.05, 0) is 18.8 Å². The molecule has 1 aromatic heterocycles. The summed E-state index contributed by atoms with van der Waals surface area (Å²) in [6.45, 7) is 1.46. The highest BCUT2D eigenvalue weighted by Gasteiger charge is 2.46. The van der Waals surface area contributed by atoms with E-state index in [1.807, 2.05) is 0 Å². The topological polar surface area (TPSA) is 107 Å². The molecule has 0 aliphatic carbocycles. The van der Waals surface area contributed by atoms with E-state index >= 15 is 0 Å². The van der Waals surface area contributed by atoms with Crippen molar-refractivity contribution < 1.29 is 9.59 Å². The van der Waals surface area contributed by atoms with E-state index in [-0.39, 0.29) is 39.8 Å². The van der Waals surface area contributed by atoms with Crippen molar-refractivity contribution in [3.8, 4) is 0 Å². The highest BCUT2D eigenvalue weighted by molar-refractivity contribution is 6.52. The summed E-state index contributed by atoms with van der Waals surface area (Å²) in [6, 6.07) is 1.33. The molecule has 0 saturated carbocycles. The van der Waals surface area contributed by atoms with Crippen LogP contribution in [-0.2, 0) is 15.0 Å². The molecule has 2 unspecified atom stereocenters. The van der Waals surface area contributed by atoms with Crippen LogP contribution in [-0.4, -0.2) is 52.8 Å². The molecule has 1 aliphatic heterocycles. The SMILES string of the molecule is [B]c1cc(N)c2c(=O)n(C3([B])C(=O)NC(=O)CC3[B])c(C)nc2c1[B]. The Morgan fingerprint density at radius 3 is 2.60 bits per heavy atom. The molecule has 25 heavy (non-hydrogen) atoms. The van der Waals surface area contributed by atoms with E-state index in [4.69, 9.17) is 37.1 Å². The minimum Gasteiger partial charge on any atom is -0.398 e. The summed E-state index contributed by atoms with van der Waals surface area (Å²) in [5, 5.41) is 2.06. The van der Waals surface area contributed by atoms with Gasteiger partial charge in [-0.2, -0.15) is 0 Å². The number of piperidine rings is 1. The molecule has 3 N–H and O–H groups in total. The lowest BCUT2D eigenvalue weighted by Crippen LogP contribution is -2.61. The maximum Gasteiger partial charge on any atom is 0.263 e. The van der Waals surface area contributed by atoms with E-state index in [0.29, 0.717) is 0 Å². The predicted octanol–water partition coefficient (Wildman–Crippen LogP) is -3.30. The van der Waals surface area contributed by atoms with Gasteiger partial charge in [-0.15, -0.1) is 0 Å². The monoisotopic (exact) mass is 326 g/mol. The predicted molar refractivity (Wildman–Crippen MR) is 96.9 cm³/mol. The lowest BCUT2D eigenvalue weighted by atomic mass is 9.56. The number of nitrogens with two attached hydrogens (primary N) is 1. The molecule has 1 saturated heterocycles. The van der Waals surface area contributed by atoms with Crippen molar-refractivity contribution in [1.29, 1.82) is 0 Å². The highest BCUT2D eigenvalue weighted by Crippen LogP contribution is 2.32. The first-order valence-electron chi connectivity index (χ1n) is 7.35. The number of rotatable bonds is 1. The number of carbonyl (C=O) groups is 2. The van der Waals surface area contributed by atoms with Crippen LogP contribution < -0.4 is 27.5 Å². The fourth-order valence-corrected chi connectivity index (χ4v) is 3.04. The van der Waals surface area contributed by atoms with E-state index in [2.05, 4.69) is 10.3 Å². The first-order chi connectivity index (χ1) is 11.6. The van der Waals surface area contributed by atoms with Crippen LogP contribution >= 0.6 is 0 Å². The smallest absolute Gasteiger partial charge is 0.263 e. The number of imide groups is 1. The van der Waals surface area contributed by atoms with Crippen LogP contribution in [0.5, 0.6) is 0 Å². The number of benzene rings is 1. The van der Waals surface area contributed by atoms with Crippen LogP contribution in [0.4, 0.5) is 5.69 Å². The number of hydrogen-bond donors (Lipinski definition) is 2. The fourth-order valence-electron chi connectivity index (χ4n) is 3.04. The lowest BCUT2D eigenvalue weighted by Gasteiger charge is -2.41. The van der Waals surface area contributed by atoms with E-state index in [9.17, 15) is 14.4 Å². The molecule has 11 heteroatoms. The largest absolute Gasteiger partial charge is 0.398 e. The summed E-state index contributed by atoms with van der Waals surface area (Å²) in [5.74, 6) is -2.52. The number of nitrogen functional groups attached to an aromatic ring is 1. The number of aryl methyl sites for hydroxylation is 1. The van der Waals surface area contributed by atoms with Crippen molar-refractivity contribution in [3.63, 3.8) is 0 Å². The van der Waals surface area contributed by atoms with Crippen LogP contribution in [0, 0.1) is 6.92 Å². The minimum atomic E-state index is -2.00. The van der Waals surface area contributed by atoms with Gasteiger partial charge in [0.15, 0.2) is 0 Å². The molecule has 2 aromatic rings. The van der Waals surface area contributed by atoms with E-state index in [0.717, 1.165) is 4.57 Å². The van der Waals surface area contributed by atoms with Gasteiger partial charge in [0.25, 0.3) is 5.56 Å². The second-order valence-electron chi connectivity index (χ2n) is 6.01. The summed E-state index contributed by atoms with van der Waals surface area (Å²) < 4.78 is 0.938. The molecule has 7 nitrogen and oxygen atoms in total. The zero-order valence-corrected chi connectivity index (χ0v) is 13.4. The zero-order chi connectivity index (χ0) is 18.7. The summed E-state index contributed by atoms with van der Waals surface area (Å²) >= 11 is 0. The first-order valence-corrected chi connectivity index (χ1v) is 7.35. The van der Waals surface area contributed by atoms with Crippen molar-refractivity contribution in [2.75, 3.05) is 5.73 Å². The van der Waals surface area contributed by atoms with Crippen molar-refractivity contribution >= 4 is 70.7 Å². The molecule has 3 rings (SSSR count). The molecule has 1 fully saturated rings. The molecule has 2 amide bonds. The van der Waals surface area contributed by atoms with Crippen LogP contribution in [0.1, 0.15) is 12.2 Å². The normalized spacial score (nSPS) is 23.6. The number of nitrogens with one attached hydrogen (secondary N) is 1. The van der Waals surface area contributed by atoms with Gasteiger partial charge in [-0.3, -0.25) is 24.3 Å². The first kappa shape index (κ1) is 17.4. The summed E-state index contributed by atoms with van der Waals surface area (Å²) in [6.07, 6.45) is -0.231. The Morgan fingerprint density at radius 2 is 2.00 bits per heavy atom. The van der Waals surface area contributed by atoms with E-state index < -0.39 is 28.6 Å². The minimum absolute atomic E-state index is 0.0287. The van der Waals surface area contributed by atoms with Gasteiger partial charge in [0.1, 0.15) is 29.4 Å². The Hall–Kier alpha value is -2.44. The number of hydrogen-bond acceptors (Lipinski definition) is 5. The van der Waals surface area contributed by atoms with Gasteiger partial charge >= 0.3 is 0 Å². The number of amides is 2. The molecule has 2 atom stereocenters. The van der Waals surface area contributed by atoms with Crippen LogP contribution in [0.15, 0.2) is 10.9 Å². The van der Waals surface area contributed by atoms with E-state index in [1.165, 1.54) is 13.0 Å². The average Bonchev–Trinajstić information content (AvgIpc) is 2.50. The molecule has 116 valence electrons. The lowest BCUT2D eigenvalue weighted by molar-refractivity contribution is -0.137.